The van der Waals surface area contributed by atoms with Crippen molar-refractivity contribution in [1.29, 1.82) is 0 Å². The Morgan fingerprint density at radius 1 is 1.36 bits per heavy atom. The molecule has 0 heterocycles. The van der Waals surface area contributed by atoms with Crippen LogP contribution in [-0.2, 0) is 9.53 Å². The van der Waals surface area contributed by atoms with Crippen LogP contribution in [0.15, 0.2) is 0 Å². The second kappa shape index (κ2) is 6.02. The zero-order valence-corrected chi connectivity index (χ0v) is 8.87. The Hall–Kier alpha value is -0.570. The average molecular weight is 200 g/mol. The van der Waals surface area contributed by atoms with Crippen molar-refractivity contribution in [2.45, 2.75) is 39.0 Å². The summed E-state index contributed by atoms with van der Waals surface area (Å²) in [5.74, 6) is 0.772. The van der Waals surface area contributed by atoms with E-state index in [0.717, 1.165) is 12.8 Å². The summed E-state index contributed by atoms with van der Waals surface area (Å²) in [5, 5.41) is 9.16. The van der Waals surface area contributed by atoms with Crippen LogP contribution in [0.2, 0.25) is 0 Å². The van der Waals surface area contributed by atoms with Crippen LogP contribution in [0.3, 0.4) is 0 Å². The zero-order valence-electron chi connectivity index (χ0n) is 8.87. The molecule has 1 fully saturated rings. The van der Waals surface area contributed by atoms with E-state index >= 15 is 0 Å². The van der Waals surface area contributed by atoms with Gasteiger partial charge in [0.1, 0.15) is 0 Å². The standard InChI is InChI=1S/C11H20O3/c1-9(13)14-7-6-10-4-2-3-5-11(10)8-12/h10-12H,2-8H2,1H3/t10-,11+/m0/s1. The molecule has 1 aliphatic carbocycles. The molecule has 0 aromatic heterocycles. The monoisotopic (exact) mass is 200 g/mol. The molecular formula is C11H20O3. The molecule has 0 bridgehead atoms. The van der Waals surface area contributed by atoms with Crippen LogP contribution in [0.25, 0.3) is 0 Å². The summed E-state index contributed by atoms with van der Waals surface area (Å²) in [6.07, 6.45) is 5.69. The molecule has 0 aromatic rings. The van der Waals surface area contributed by atoms with Gasteiger partial charge in [-0.3, -0.25) is 4.79 Å². The smallest absolute Gasteiger partial charge is 0.302 e. The molecule has 1 N–H and O–H groups in total. The molecule has 1 aliphatic rings. The maximum atomic E-state index is 10.6. The SMILES string of the molecule is CC(=O)OCC[C@@H]1CCCC[C@@H]1CO. The Balaban J connectivity index is 2.22. The van der Waals surface area contributed by atoms with Crippen molar-refractivity contribution in [3.05, 3.63) is 0 Å². The largest absolute Gasteiger partial charge is 0.466 e. The Bertz CT molecular complexity index is 179. The number of hydrogen-bond donors (Lipinski definition) is 1. The Morgan fingerprint density at radius 2 is 2.00 bits per heavy atom. The molecule has 0 aromatic carbocycles. The average Bonchev–Trinajstić information content (AvgIpc) is 2.18. The van der Waals surface area contributed by atoms with E-state index in [4.69, 9.17) is 9.84 Å². The van der Waals surface area contributed by atoms with Crippen LogP contribution in [0, 0.1) is 11.8 Å². The highest BCUT2D eigenvalue weighted by Crippen LogP contribution is 2.31. The Morgan fingerprint density at radius 3 is 2.57 bits per heavy atom. The molecule has 3 nitrogen and oxygen atoms in total. The first-order valence-corrected chi connectivity index (χ1v) is 5.48. The molecule has 0 amide bonds. The first kappa shape index (κ1) is 11.5. The van der Waals surface area contributed by atoms with E-state index in [1.165, 1.54) is 26.2 Å². The van der Waals surface area contributed by atoms with Gasteiger partial charge in [-0.05, 0) is 31.1 Å². The fourth-order valence-electron chi connectivity index (χ4n) is 2.26. The van der Waals surface area contributed by atoms with Crippen molar-refractivity contribution < 1.29 is 14.6 Å². The van der Waals surface area contributed by atoms with Crippen LogP contribution in [0.5, 0.6) is 0 Å². The lowest BCUT2D eigenvalue weighted by atomic mass is 9.78. The van der Waals surface area contributed by atoms with Gasteiger partial charge in [-0.1, -0.05) is 12.8 Å². The highest BCUT2D eigenvalue weighted by atomic mass is 16.5. The van der Waals surface area contributed by atoms with E-state index in [1.807, 2.05) is 0 Å². The van der Waals surface area contributed by atoms with Gasteiger partial charge in [-0.25, -0.2) is 0 Å². The van der Waals surface area contributed by atoms with Crippen molar-refractivity contribution >= 4 is 5.97 Å². The van der Waals surface area contributed by atoms with Crippen molar-refractivity contribution in [2.75, 3.05) is 13.2 Å². The minimum absolute atomic E-state index is 0.207. The Labute approximate surface area is 85.5 Å². The molecule has 3 heteroatoms. The Kier molecular flexibility index (Phi) is 4.94. The lowest BCUT2D eigenvalue weighted by Crippen LogP contribution is -2.24. The summed E-state index contributed by atoms with van der Waals surface area (Å²) < 4.78 is 4.92. The highest BCUT2D eigenvalue weighted by Gasteiger charge is 2.24. The first-order chi connectivity index (χ1) is 6.74. The molecule has 0 radical (unpaired) electrons. The van der Waals surface area contributed by atoms with Crippen LogP contribution in [0.4, 0.5) is 0 Å². The molecule has 2 atom stereocenters. The summed E-state index contributed by atoms with van der Waals surface area (Å²) >= 11 is 0. The van der Waals surface area contributed by atoms with E-state index in [0.29, 0.717) is 18.4 Å². The van der Waals surface area contributed by atoms with Crippen molar-refractivity contribution in [1.82, 2.24) is 0 Å². The lowest BCUT2D eigenvalue weighted by Gasteiger charge is -2.29. The number of ether oxygens (including phenoxy) is 1. The number of aliphatic hydroxyl groups excluding tert-OH is 1. The van der Waals surface area contributed by atoms with Crippen molar-refractivity contribution in [3.8, 4) is 0 Å². The van der Waals surface area contributed by atoms with E-state index in [-0.39, 0.29) is 12.6 Å². The second-order valence-corrected chi connectivity index (χ2v) is 4.12. The second-order valence-electron chi connectivity index (χ2n) is 4.12. The zero-order chi connectivity index (χ0) is 10.4. The molecule has 0 saturated heterocycles. The summed E-state index contributed by atoms with van der Waals surface area (Å²) in [4.78, 5) is 10.6. The summed E-state index contributed by atoms with van der Waals surface area (Å²) in [6, 6.07) is 0. The lowest BCUT2D eigenvalue weighted by molar-refractivity contribution is -0.141. The number of carbonyl (C=O) groups excluding carboxylic acids is 1. The number of aliphatic hydroxyl groups is 1. The summed E-state index contributed by atoms with van der Waals surface area (Å²) in [7, 11) is 0. The van der Waals surface area contributed by atoms with Crippen molar-refractivity contribution in [2.24, 2.45) is 11.8 Å². The minimum Gasteiger partial charge on any atom is -0.466 e. The van der Waals surface area contributed by atoms with Gasteiger partial charge in [0.2, 0.25) is 0 Å². The topological polar surface area (TPSA) is 46.5 Å². The van der Waals surface area contributed by atoms with E-state index in [1.54, 1.807) is 0 Å². The molecule has 82 valence electrons. The highest BCUT2D eigenvalue weighted by molar-refractivity contribution is 5.65. The number of rotatable bonds is 4. The quantitative estimate of drug-likeness (QED) is 0.703. The van der Waals surface area contributed by atoms with Gasteiger partial charge in [0.25, 0.3) is 0 Å². The van der Waals surface area contributed by atoms with E-state index in [2.05, 4.69) is 0 Å². The van der Waals surface area contributed by atoms with E-state index < -0.39 is 0 Å². The van der Waals surface area contributed by atoms with Gasteiger partial charge in [0.05, 0.1) is 6.61 Å². The van der Waals surface area contributed by atoms with Gasteiger partial charge >= 0.3 is 5.97 Å². The van der Waals surface area contributed by atoms with Gasteiger partial charge < -0.3 is 9.84 Å². The maximum absolute atomic E-state index is 10.6. The van der Waals surface area contributed by atoms with Crippen LogP contribution >= 0.6 is 0 Å². The third-order valence-corrected chi connectivity index (χ3v) is 3.09. The predicted molar refractivity (Wildman–Crippen MR) is 53.8 cm³/mol. The fraction of sp³-hybridized carbons (Fsp3) is 0.909. The van der Waals surface area contributed by atoms with Gasteiger partial charge in [0.15, 0.2) is 0 Å². The molecule has 0 aliphatic heterocycles. The number of carbonyl (C=O) groups is 1. The van der Waals surface area contributed by atoms with E-state index in [9.17, 15) is 4.79 Å². The first-order valence-electron chi connectivity index (χ1n) is 5.48. The maximum Gasteiger partial charge on any atom is 0.302 e. The van der Waals surface area contributed by atoms with Crippen molar-refractivity contribution in [3.63, 3.8) is 0 Å². The number of hydrogen-bond acceptors (Lipinski definition) is 3. The third kappa shape index (κ3) is 3.66. The molecular weight excluding hydrogens is 180 g/mol. The fourth-order valence-corrected chi connectivity index (χ4v) is 2.26. The van der Waals surface area contributed by atoms with Gasteiger partial charge in [-0.15, -0.1) is 0 Å². The third-order valence-electron chi connectivity index (χ3n) is 3.09. The van der Waals surface area contributed by atoms with Crippen LogP contribution in [0.1, 0.15) is 39.0 Å². The molecule has 1 rings (SSSR count). The molecule has 0 spiro atoms. The predicted octanol–water partition coefficient (Wildman–Crippen LogP) is 1.74. The minimum atomic E-state index is -0.207. The summed E-state index contributed by atoms with van der Waals surface area (Å²) in [6.45, 7) is 2.23. The number of esters is 1. The normalized spacial score (nSPS) is 27.3. The van der Waals surface area contributed by atoms with Gasteiger partial charge in [0, 0.05) is 13.5 Å². The van der Waals surface area contributed by atoms with Crippen LogP contribution in [-0.4, -0.2) is 24.3 Å². The molecule has 0 unspecified atom stereocenters. The molecule has 14 heavy (non-hydrogen) atoms. The van der Waals surface area contributed by atoms with Gasteiger partial charge in [-0.2, -0.15) is 0 Å². The summed E-state index contributed by atoms with van der Waals surface area (Å²) in [5.41, 5.74) is 0. The van der Waals surface area contributed by atoms with Crippen LogP contribution < -0.4 is 0 Å². The molecule has 1 saturated carbocycles.